The first-order chi connectivity index (χ1) is 15.8. The predicted octanol–water partition coefficient (Wildman–Crippen LogP) is 5.31. The molecule has 1 aliphatic heterocycles. The number of ether oxygens (including phenoxy) is 3. The number of allylic oxidation sites excluding steroid dienone is 2. The van der Waals surface area contributed by atoms with Crippen molar-refractivity contribution in [1.82, 2.24) is 0 Å². The molecule has 3 fully saturated rings. The number of carbonyl (C=O) groups excluding carboxylic acids is 1. The maximum Gasteiger partial charge on any atom is 0.231 e. The standard InChI is InChI=1S/C28H34O5/c1-27-8-6-19(29)14-18(27)4-5-20-21(27)7-9-28(2)22(20)13-17(26(28)30)10-16-11-23(31-3)25-24(12-16)32-15-33-25/h4,10-12,19-22,29H,5-9,13-15H2,1-3H3/b17-10+/t19?,20?,21?,22?,27-,28-/m1/s1. The number of ketones is 1. The molecule has 0 bridgehead atoms. The molecule has 4 aliphatic carbocycles. The Bertz CT molecular complexity index is 1070. The molecule has 3 saturated carbocycles. The van der Waals surface area contributed by atoms with Crippen molar-refractivity contribution in [3.8, 4) is 17.2 Å². The van der Waals surface area contributed by atoms with E-state index in [0.717, 1.165) is 56.1 Å². The van der Waals surface area contributed by atoms with Crippen molar-refractivity contribution < 1.29 is 24.1 Å². The smallest absolute Gasteiger partial charge is 0.231 e. The van der Waals surface area contributed by atoms with Crippen LogP contribution in [0.5, 0.6) is 17.2 Å². The molecule has 0 aromatic heterocycles. The van der Waals surface area contributed by atoms with Crippen molar-refractivity contribution in [2.24, 2.45) is 28.6 Å². The van der Waals surface area contributed by atoms with Crippen LogP contribution in [0.25, 0.3) is 6.08 Å². The lowest BCUT2D eigenvalue weighted by Crippen LogP contribution is -2.50. The van der Waals surface area contributed by atoms with Crippen LogP contribution in [-0.4, -0.2) is 30.9 Å². The van der Waals surface area contributed by atoms with E-state index in [-0.39, 0.29) is 23.7 Å². The highest BCUT2D eigenvalue weighted by atomic mass is 16.7. The van der Waals surface area contributed by atoms with Crippen LogP contribution in [0.4, 0.5) is 0 Å². The molecule has 0 radical (unpaired) electrons. The minimum absolute atomic E-state index is 0.184. The van der Waals surface area contributed by atoms with Gasteiger partial charge in [-0.15, -0.1) is 0 Å². The van der Waals surface area contributed by atoms with Crippen LogP contribution in [-0.2, 0) is 4.79 Å². The molecule has 1 N–H and O–H groups in total. The summed E-state index contributed by atoms with van der Waals surface area (Å²) in [6, 6.07) is 3.88. The number of fused-ring (bicyclic) bond motifs is 6. The van der Waals surface area contributed by atoms with Gasteiger partial charge in [-0.05, 0) is 97.5 Å². The molecule has 33 heavy (non-hydrogen) atoms. The number of carbonyl (C=O) groups is 1. The molecule has 0 amide bonds. The zero-order valence-corrected chi connectivity index (χ0v) is 19.9. The Kier molecular flexibility index (Phi) is 4.75. The lowest BCUT2D eigenvalue weighted by molar-refractivity contribution is -0.130. The Morgan fingerprint density at radius 2 is 1.91 bits per heavy atom. The largest absolute Gasteiger partial charge is 0.493 e. The highest BCUT2D eigenvalue weighted by Gasteiger charge is 2.59. The number of hydrogen-bond acceptors (Lipinski definition) is 5. The fourth-order valence-corrected chi connectivity index (χ4v) is 7.88. The summed E-state index contributed by atoms with van der Waals surface area (Å²) in [4.78, 5) is 13.7. The minimum Gasteiger partial charge on any atom is -0.493 e. The monoisotopic (exact) mass is 450 g/mol. The summed E-state index contributed by atoms with van der Waals surface area (Å²) >= 11 is 0. The van der Waals surface area contributed by atoms with Gasteiger partial charge in [0.15, 0.2) is 17.3 Å². The number of rotatable bonds is 2. The van der Waals surface area contributed by atoms with E-state index < -0.39 is 0 Å². The summed E-state index contributed by atoms with van der Waals surface area (Å²) in [5.41, 5.74) is 3.24. The highest BCUT2D eigenvalue weighted by Crippen LogP contribution is 2.64. The Morgan fingerprint density at radius 1 is 1.09 bits per heavy atom. The molecule has 1 aromatic rings. The van der Waals surface area contributed by atoms with Gasteiger partial charge in [0.1, 0.15) is 0 Å². The Hall–Kier alpha value is -2.27. The van der Waals surface area contributed by atoms with Crippen molar-refractivity contribution in [3.05, 3.63) is 34.9 Å². The number of methoxy groups -OCH3 is 1. The predicted molar refractivity (Wildman–Crippen MR) is 125 cm³/mol. The molecule has 4 unspecified atom stereocenters. The molecule has 5 heteroatoms. The second-order valence-electron chi connectivity index (χ2n) is 11.3. The molecule has 176 valence electrons. The normalized spacial score (nSPS) is 40.2. The van der Waals surface area contributed by atoms with Crippen molar-refractivity contribution >= 4 is 11.9 Å². The molecular formula is C28H34O5. The van der Waals surface area contributed by atoms with E-state index in [9.17, 15) is 9.90 Å². The van der Waals surface area contributed by atoms with Crippen LogP contribution in [0.1, 0.15) is 64.4 Å². The van der Waals surface area contributed by atoms with Gasteiger partial charge in [-0.1, -0.05) is 25.5 Å². The molecule has 6 atom stereocenters. The molecule has 6 rings (SSSR count). The molecule has 1 aromatic carbocycles. The third-order valence-electron chi connectivity index (χ3n) is 9.74. The van der Waals surface area contributed by atoms with Gasteiger partial charge >= 0.3 is 0 Å². The lowest BCUT2D eigenvalue weighted by Gasteiger charge is -2.56. The maximum atomic E-state index is 13.7. The van der Waals surface area contributed by atoms with E-state index in [1.54, 1.807) is 7.11 Å². The summed E-state index contributed by atoms with van der Waals surface area (Å²) in [6.45, 7) is 4.83. The molecule has 0 saturated heterocycles. The third kappa shape index (κ3) is 3.04. The van der Waals surface area contributed by atoms with Crippen LogP contribution >= 0.6 is 0 Å². The Balaban J connectivity index is 1.33. The van der Waals surface area contributed by atoms with Gasteiger partial charge in [-0.25, -0.2) is 0 Å². The topological polar surface area (TPSA) is 65.0 Å². The number of hydrogen-bond donors (Lipinski definition) is 1. The van der Waals surface area contributed by atoms with E-state index >= 15 is 0 Å². The van der Waals surface area contributed by atoms with Gasteiger partial charge in [0.05, 0.1) is 13.2 Å². The number of benzene rings is 1. The van der Waals surface area contributed by atoms with Gasteiger partial charge in [0.25, 0.3) is 0 Å². The second kappa shape index (κ2) is 7.36. The average molecular weight is 451 g/mol. The van der Waals surface area contributed by atoms with E-state index in [1.165, 1.54) is 5.57 Å². The van der Waals surface area contributed by atoms with Gasteiger partial charge in [0.2, 0.25) is 12.5 Å². The third-order valence-corrected chi connectivity index (χ3v) is 9.74. The number of aliphatic hydroxyl groups excluding tert-OH is 1. The first-order valence-corrected chi connectivity index (χ1v) is 12.4. The van der Waals surface area contributed by atoms with Gasteiger partial charge in [-0.2, -0.15) is 0 Å². The summed E-state index contributed by atoms with van der Waals surface area (Å²) in [5, 5.41) is 10.2. The summed E-state index contributed by atoms with van der Waals surface area (Å²) in [7, 11) is 1.63. The number of aliphatic hydroxyl groups is 1. The summed E-state index contributed by atoms with van der Waals surface area (Å²) in [6.07, 6.45) is 11.0. The van der Waals surface area contributed by atoms with Crippen molar-refractivity contribution in [1.29, 1.82) is 0 Å². The van der Waals surface area contributed by atoms with Crippen LogP contribution in [0.2, 0.25) is 0 Å². The zero-order valence-electron chi connectivity index (χ0n) is 19.9. The van der Waals surface area contributed by atoms with Crippen molar-refractivity contribution in [3.63, 3.8) is 0 Å². The lowest BCUT2D eigenvalue weighted by atomic mass is 9.48. The summed E-state index contributed by atoms with van der Waals surface area (Å²) in [5.74, 6) is 3.80. The van der Waals surface area contributed by atoms with E-state index in [4.69, 9.17) is 14.2 Å². The molecular weight excluding hydrogens is 416 g/mol. The minimum atomic E-state index is -0.274. The first-order valence-electron chi connectivity index (χ1n) is 12.4. The molecule has 5 aliphatic rings. The van der Waals surface area contributed by atoms with E-state index in [1.807, 2.05) is 18.2 Å². The second-order valence-corrected chi connectivity index (χ2v) is 11.3. The fourth-order valence-electron chi connectivity index (χ4n) is 7.88. The van der Waals surface area contributed by atoms with Crippen LogP contribution < -0.4 is 14.2 Å². The zero-order chi connectivity index (χ0) is 23.0. The number of Topliss-reactive ketones (excluding diaryl/α,β-unsaturated/α-hetero) is 1. The van der Waals surface area contributed by atoms with Gasteiger partial charge in [-0.3, -0.25) is 4.79 Å². The maximum absolute atomic E-state index is 13.7. The Labute approximate surface area is 195 Å². The molecule has 0 spiro atoms. The van der Waals surface area contributed by atoms with Crippen molar-refractivity contribution in [2.75, 3.05) is 13.9 Å². The SMILES string of the molecule is COc1cc(/C=C2\CC3C4CC=C5CC(O)CC[C@@]5(C)C4CC[C@@]3(C)C2=O)cc2c1OCO2. The van der Waals surface area contributed by atoms with E-state index in [0.29, 0.717) is 40.8 Å². The fraction of sp³-hybridized carbons (Fsp3) is 0.607. The Morgan fingerprint density at radius 3 is 2.73 bits per heavy atom. The van der Waals surface area contributed by atoms with Crippen LogP contribution in [0.3, 0.4) is 0 Å². The first kappa shape index (κ1) is 21.3. The molecule has 5 nitrogen and oxygen atoms in total. The van der Waals surface area contributed by atoms with Crippen LogP contribution in [0.15, 0.2) is 29.4 Å². The van der Waals surface area contributed by atoms with Gasteiger partial charge < -0.3 is 19.3 Å². The molecule has 1 heterocycles. The van der Waals surface area contributed by atoms with Gasteiger partial charge in [0, 0.05) is 5.41 Å². The quantitative estimate of drug-likeness (QED) is 0.489. The van der Waals surface area contributed by atoms with E-state index in [2.05, 4.69) is 19.9 Å². The summed E-state index contributed by atoms with van der Waals surface area (Å²) < 4.78 is 16.6. The average Bonchev–Trinajstić information content (AvgIpc) is 3.37. The van der Waals surface area contributed by atoms with Crippen molar-refractivity contribution in [2.45, 2.75) is 64.9 Å². The highest BCUT2D eigenvalue weighted by molar-refractivity contribution is 6.06. The van der Waals surface area contributed by atoms with Crippen LogP contribution in [0, 0.1) is 28.6 Å².